The van der Waals surface area contributed by atoms with E-state index in [0.717, 1.165) is 5.56 Å². The summed E-state index contributed by atoms with van der Waals surface area (Å²) in [7, 11) is 0.615. The van der Waals surface area contributed by atoms with Crippen molar-refractivity contribution in [2.45, 2.75) is 19.5 Å². The molecule has 0 bridgehead atoms. The van der Waals surface area contributed by atoms with Crippen LogP contribution in [0.5, 0.6) is 0 Å². The fraction of sp³-hybridized carbons (Fsp3) is 0.250. The van der Waals surface area contributed by atoms with Crippen molar-refractivity contribution in [3.63, 3.8) is 0 Å². The van der Waals surface area contributed by atoms with Crippen LogP contribution in [-0.4, -0.2) is 29.1 Å². The van der Waals surface area contributed by atoms with Gasteiger partial charge in [-0.1, -0.05) is 54.6 Å². The van der Waals surface area contributed by atoms with E-state index in [1.165, 1.54) is 5.56 Å². The number of nitrogens with zero attached hydrogens (tertiary/aromatic N) is 1. The van der Waals surface area contributed by atoms with Gasteiger partial charge in [-0.05, 0) is 30.6 Å². The summed E-state index contributed by atoms with van der Waals surface area (Å²) in [5.74, 6) is 0. The van der Waals surface area contributed by atoms with Crippen molar-refractivity contribution in [1.29, 1.82) is 0 Å². The molecule has 1 atom stereocenters. The van der Waals surface area contributed by atoms with Crippen LogP contribution in [0.4, 0.5) is 0 Å². The van der Waals surface area contributed by atoms with Crippen LogP contribution in [0.2, 0.25) is 0 Å². The Labute approximate surface area is 120 Å². The van der Waals surface area contributed by atoms with E-state index in [1.54, 1.807) is 6.07 Å². The van der Waals surface area contributed by atoms with Crippen molar-refractivity contribution in [3.8, 4) is 0 Å². The van der Waals surface area contributed by atoms with E-state index in [4.69, 9.17) is 0 Å². The minimum Gasteiger partial charge on any atom is -0.423 e. The van der Waals surface area contributed by atoms with Gasteiger partial charge in [-0.15, -0.1) is 0 Å². The number of rotatable bonds is 5. The third-order valence-corrected chi connectivity index (χ3v) is 3.70. The van der Waals surface area contributed by atoms with Gasteiger partial charge in [0.05, 0.1) is 0 Å². The Morgan fingerprint density at radius 2 is 1.60 bits per heavy atom. The molecule has 0 aromatic heterocycles. The molecule has 104 valence electrons. The van der Waals surface area contributed by atoms with Gasteiger partial charge < -0.3 is 10.0 Å². The summed E-state index contributed by atoms with van der Waals surface area (Å²) in [6, 6.07) is 18.0. The Morgan fingerprint density at radius 1 is 1.00 bits per heavy atom. The van der Waals surface area contributed by atoms with Gasteiger partial charge in [-0.2, -0.15) is 0 Å². The lowest BCUT2D eigenvalue weighted by atomic mass is 9.77. The van der Waals surface area contributed by atoms with E-state index in [0.29, 0.717) is 12.0 Å². The minimum atomic E-state index is -1.42. The van der Waals surface area contributed by atoms with Crippen LogP contribution in [0.1, 0.15) is 24.1 Å². The number of benzene rings is 2. The van der Waals surface area contributed by atoms with Crippen LogP contribution in [0.15, 0.2) is 54.6 Å². The lowest BCUT2D eigenvalue weighted by Gasteiger charge is -2.26. The van der Waals surface area contributed by atoms with Crippen molar-refractivity contribution < 1.29 is 10.0 Å². The number of hydrogen-bond acceptors (Lipinski definition) is 3. The lowest BCUT2D eigenvalue weighted by Crippen LogP contribution is -2.35. The summed E-state index contributed by atoms with van der Waals surface area (Å²) < 4.78 is 0. The van der Waals surface area contributed by atoms with Gasteiger partial charge in [0.25, 0.3) is 0 Å². The van der Waals surface area contributed by atoms with Gasteiger partial charge in [-0.3, -0.25) is 4.90 Å². The summed E-state index contributed by atoms with van der Waals surface area (Å²) in [5.41, 5.74) is 2.75. The van der Waals surface area contributed by atoms with Crippen LogP contribution in [0.3, 0.4) is 0 Å². The van der Waals surface area contributed by atoms with E-state index in [1.807, 2.05) is 43.4 Å². The maximum absolute atomic E-state index is 9.41. The summed E-state index contributed by atoms with van der Waals surface area (Å²) in [6.45, 7) is 2.82. The molecule has 0 saturated heterocycles. The Bertz CT molecular complexity index is 545. The zero-order chi connectivity index (χ0) is 14.5. The fourth-order valence-corrected chi connectivity index (χ4v) is 2.32. The van der Waals surface area contributed by atoms with Gasteiger partial charge >= 0.3 is 7.12 Å². The molecule has 2 aromatic rings. The van der Waals surface area contributed by atoms with E-state index < -0.39 is 7.12 Å². The zero-order valence-corrected chi connectivity index (χ0v) is 11.9. The molecule has 0 aliphatic carbocycles. The maximum atomic E-state index is 9.41. The van der Waals surface area contributed by atoms with Gasteiger partial charge in [0.1, 0.15) is 0 Å². The molecule has 2 rings (SSSR count). The van der Waals surface area contributed by atoms with Crippen LogP contribution in [0.25, 0.3) is 0 Å². The predicted molar refractivity (Wildman–Crippen MR) is 82.6 cm³/mol. The molecule has 0 saturated carbocycles. The van der Waals surface area contributed by atoms with Crippen molar-refractivity contribution in [1.82, 2.24) is 4.90 Å². The van der Waals surface area contributed by atoms with Gasteiger partial charge in [0.2, 0.25) is 0 Å². The second-order valence-corrected chi connectivity index (χ2v) is 5.07. The topological polar surface area (TPSA) is 43.7 Å². The van der Waals surface area contributed by atoms with E-state index in [2.05, 4.69) is 24.0 Å². The third-order valence-electron chi connectivity index (χ3n) is 3.70. The minimum absolute atomic E-state index is 0.264. The monoisotopic (exact) mass is 269 g/mol. The van der Waals surface area contributed by atoms with Crippen molar-refractivity contribution in [3.05, 3.63) is 65.7 Å². The molecule has 0 spiro atoms. The highest BCUT2D eigenvalue weighted by Gasteiger charge is 2.18. The molecule has 20 heavy (non-hydrogen) atoms. The van der Waals surface area contributed by atoms with Gasteiger partial charge in [-0.25, -0.2) is 0 Å². The summed E-state index contributed by atoms with van der Waals surface area (Å²) >= 11 is 0. The van der Waals surface area contributed by atoms with E-state index >= 15 is 0 Å². The predicted octanol–water partition coefficient (Wildman–Crippen LogP) is 1.56. The smallest absolute Gasteiger partial charge is 0.423 e. The average Bonchev–Trinajstić information content (AvgIpc) is 2.47. The second-order valence-electron chi connectivity index (χ2n) is 5.07. The van der Waals surface area contributed by atoms with Crippen LogP contribution >= 0.6 is 0 Å². The van der Waals surface area contributed by atoms with E-state index in [-0.39, 0.29) is 6.04 Å². The lowest BCUT2D eigenvalue weighted by molar-refractivity contribution is 0.253. The maximum Gasteiger partial charge on any atom is 0.488 e. The number of hydrogen-bond donors (Lipinski definition) is 2. The SMILES string of the molecule is C[C@@H](c1ccccc1)N(C)Cc1ccccc1B(O)O. The molecule has 0 heterocycles. The molecular weight excluding hydrogens is 249 g/mol. The van der Waals surface area contributed by atoms with Crippen LogP contribution < -0.4 is 5.46 Å². The first kappa shape index (κ1) is 14.8. The molecule has 3 nitrogen and oxygen atoms in total. The Morgan fingerprint density at radius 3 is 2.25 bits per heavy atom. The third kappa shape index (κ3) is 3.48. The molecule has 2 aromatic carbocycles. The standard InChI is InChI=1S/C16H20BNO2/c1-13(14-8-4-3-5-9-14)18(2)12-15-10-6-7-11-16(15)17(19)20/h3-11,13,19-20H,12H2,1-2H3/t13-/m0/s1. The molecule has 0 unspecified atom stereocenters. The molecular formula is C16H20BNO2. The van der Waals surface area contributed by atoms with Crippen molar-refractivity contribution in [2.75, 3.05) is 7.05 Å². The highest BCUT2D eigenvalue weighted by Crippen LogP contribution is 2.19. The Kier molecular flexibility index (Phi) is 4.96. The highest BCUT2D eigenvalue weighted by molar-refractivity contribution is 6.59. The van der Waals surface area contributed by atoms with Gasteiger partial charge in [0.15, 0.2) is 0 Å². The average molecular weight is 269 g/mol. The van der Waals surface area contributed by atoms with Gasteiger partial charge in [0, 0.05) is 12.6 Å². The molecule has 2 N–H and O–H groups in total. The second kappa shape index (κ2) is 6.70. The van der Waals surface area contributed by atoms with E-state index in [9.17, 15) is 10.0 Å². The van der Waals surface area contributed by atoms with Crippen molar-refractivity contribution >= 4 is 12.6 Å². The summed E-state index contributed by atoms with van der Waals surface area (Å²) in [4.78, 5) is 2.19. The Balaban J connectivity index is 2.14. The first-order chi connectivity index (χ1) is 9.59. The molecule has 0 fully saturated rings. The molecule has 0 aliphatic rings. The van der Waals surface area contributed by atoms with Crippen molar-refractivity contribution in [2.24, 2.45) is 0 Å². The Hall–Kier alpha value is -1.62. The largest absolute Gasteiger partial charge is 0.488 e. The summed E-state index contributed by atoms with van der Waals surface area (Å²) in [6.07, 6.45) is 0. The first-order valence-corrected chi connectivity index (χ1v) is 6.78. The normalized spacial score (nSPS) is 12.4. The van der Waals surface area contributed by atoms with Crippen LogP contribution in [-0.2, 0) is 6.54 Å². The highest BCUT2D eigenvalue weighted by atomic mass is 16.4. The zero-order valence-electron chi connectivity index (χ0n) is 11.9. The quantitative estimate of drug-likeness (QED) is 0.809. The molecule has 0 aliphatic heterocycles. The molecule has 0 radical (unpaired) electrons. The molecule has 0 amide bonds. The fourth-order valence-electron chi connectivity index (χ4n) is 2.32. The first-order valence-electron chi connectivity index (χ1n) is 6.78. The van der Waals surface area contributed by atoms with Crippen LogP contribution in [0, 0.1) is 0 Å². The molecule has 4 heteroatoms. The summed E-state index contributed by atoms with van der Waals surface area (Å²) in [5, 5.41) is 18.8.